The number of nitrogens with zero attached hydrogens (tertiary/aromatic N) is 2. The summed E-state index contributed by atoms with van der Waals surface area (Å²) in [6.45, 7) is 4.10. The van der Waals surface area contributed by atoms with Crippen molar-refractivity contribution in [2.24, 2.45) is 22.4 Å². The summed E-state index contributed by atoms with van der Waals surface area (Å²) >= 11 is 0. The maximum atomic E-state index is 14.7. The highest BCUT2D eigenvalue weighted by molar-refractivity contribution is 6.13. The molecular weight excluding hydrogens is 520 g/mol. The molecule has 224 valence electrons. The Morgan fingerprint density at radius 2 is 1.57 bits per heavy atom. The first-order valence-electron chi connectivity index (χ1n) is 16.7. The Balaban J connectivity index is 1.42. The van der Waals surface area contributed by atoms with E-state index in [0.29, 0.717) is 23.7 Å². The van der Waals surface area contributed by atoms with Gasteiger partial charge in [0.15, 0.2) is 5.69 Å². The number of fused-ring (bicyclic) bond motifs is 1. The summed E-state index contributed by atoms with van der Waals surface area (Å²) in [5.74, 6) is 0.673. The van der Waals surface area contributed by atoms with Crippen LogP contribution in [0.25, 0.3) is 0 Å². The maximum Gasteiger partial charge on any atom is 0.452 e. The zero-order valence-corrected chi connectivity index (χ0v) is 25.7. The highest BCUT2D eigenvalue weighted by atomic mass is 16.2. The minimum Gasteiger partial charge on any atom is -0.326 e. The van der Waals surface area contributed by atoms with Gasteiger partial charge in [-0.15, -0.1) is 0 Å². The minimum absolute atomic E-state index is 0.0206. The van der Waals surface area contributed by atoms with Gasteiger partial charge < -0.3 is 5.32 Å². The number of hydrogen-bond donors (Lipinski definition) is 2. The second-order valence-electron chi connectivity index (χ2n) is 14.0. The highest BCUT2D eigenvalue weighted by Gasteiger charge is 2.53. The van der Waals surface area contributed by atoms with Crippen LogP contribution in [0.3, 0.4) is 0 Å². The zero-order valence-electron chi connectivity index (χ0n) is 25.7. The normalized spacial score (nSPS) is 24.9. The van der Waals surface area contributed by atoms with E-state index < -0.39 is 0 Å². The molecule has 1 atom stereocenters. The molecule has 4 aliphatic rings. The van der Waals surface area contributed by atoms with Crippen LogP contribution in [0.15, 0.2) is 53.6 Å². The minimum atomic E-state index is -0.0607. The molecule has 6 heteroatoms. The Bertz CT molecular complexity index is 1290. The van der Waals surface area contributed by atoms with E-state index >= 15 is 0 Å². The molecule has 3 saturated carbocycles. The molecule has 1 unspecified atom stereocenters. The largest absolute Gasteiger partial charge is 0.452 e. The van der Waals surface area contributed by atoms with Gasteiger partial charge in [-0.25, -0.2) is 4.79 Å². The van der Waals surface area contributed by atoms with Crippen molar-refractivity contribution >= 4 is 34.7 Å². The molecule has 3 aliphatic carbocycles. The zero-order chi connectivity index (χ0) is 29.2. The summed E-state index contributed by atoms with van der Waals surface area (Å²) in [4.78, 5) is 27.2. The number of urea groups is 1. The average molecular weight is 570 g/mol. The first-order valence-corrected chi connectivity index (χ1v) is 16.7. The lowest BCUT2D eigenvalue weighted by Crippen LogP contribution is -2.60. The molecule has 2 aromatic carbocycles. The number of anilines is 2. The van der Waals surface area contributed by atoms with Crippen LogP contribution in [0.2, 0.25) is 0 Å². The van der Waals surface area contributed by atoms with E-state index in [1.165, 1.54) is 64.2 Å². The number of carbonyl (C=O) groups is 2. The van der Waals surface area contributed by atoms with E-state index in [1.54, 1.807) is 0 Å². The van der Waals surface area contributed by atoms with Crippen LogP contribution in [0.1, 0.15) is 116 Å². The van der Waals surface area contributed by atoms with Gasteiger partial charge in [0.25, 0.3) is 0 Å². The third-order valence-electron chi connectivity index (χ3n) is 10.6. The van der Waals surface area contributed by atoms with Crippen LogP contribution in [0, 0.1) is 17.3 Å². The van der Waals surface area contributed by atoms with Gasteiger partial charge in [-0.3, -0.25) is 10.1 Å². The van der Waals surface area contributed by atoms with Crippen LogP contribution in [-0.4, -0.2) is 23.7 Å². The molecule has 1 heterocycles. The molecule has 42 heavy (non-hydrogen) atoms. The van der Waals surface area contributed by atoms with Gasteiger partial charge in [0.2, 0.25) is 5.91 Å². The van der Waals surface area contributed by atoms with Gasteiger partial charge in [-0.1, -0.05) is 80.3 Å². The van der Waals surface area contributed by atoms with Crippen molar-refractivity contribution in [1.29, 1.82) is 0 Å². The number of nitrogens with one attached hydrogen (secondary N) is 2. The van der Waals surface area contributed by atoms with Crippen molar-refractivity contribution in [2.75, 3.05) is 10.6 Å². The maximum absolute atomic E-state index is 14.7. The fraction of sp³-hybridized carbons (Fsp3) is 0.583. The van der Waals surface area contributed by atoms with E-state index in [2.05, 4.69) is 36.6 Å². The van der Waals surface area contributed by atoms with Gasteiger partial charge in [-0.2, -0.15) is 0 Å². The molecule has 6 rings (SSSR count). The average Bonchev–Trinajstić information content (AvgIpc) is 3.13. The number of hydrogen-bond acceptors (Lipinski definition) is 3. The lowest BCUT2D eigenvalue weighted by atomic mass is 9.64. The summed E-state index contributed by atoms with van der Waals surface area (Å²) in [6.07, 6.45) is 17.5. The van der Waals surface area contributed by atoms with Crippen molar-refractivity contribution in [1.82, 2.24) is 4.59 Å². The topological polar surface area (TPSA) is 70.6 Å². The number of amides is 3. The van der Waals surface area contributed by atoms with Gasteiger partial charge in [0, 0.05) is 48.6 Å². The summed E-state index contributed by atoms with van der Waals surface area (Å²) < 4.78 is -0.0309. The molecule has 1 aliphatic heterocycles. The number of quaternary nitrogens is 1. The summed E-state index contributed by atoms with van der Waals surface area (Å²) in [5, 5.41) is 12.1. The SMILES string of the molecule is CC(C)CC(=O)Nc1ccc([N+]2(C3CCC4(CCCCC4)CC3)N=C(C3CCCCC3)c3ccccc3NC2=O)cc1. The predicted molar refractivity (Wildman–Crippen MR) is 173 cm³/mol. The number of carbonyl (C=O) groups excluding carboxylic acids is 2. The molecule has 0 aromatic heterocycles. The van der Waals surface area contributed by atoms with Gasteiger partial charge >= 0.3 is 6.03 Å². The quantitative estimate of drug-likeness (QED) is 0.340. The van der Waals surface area contributed by atoms with Gasteiger partial charge in [0.1, 0.15) is 11.8 Å². The second-order valence-corrected chi connectivity index (χ2v) is 14.0. The Kier molecular flexibility index (Phi) is 8.53. The molecule has 2 N–H and O–H groups in total. The molecule has 0 bridgehead atoms. The summed E-state index contributed by atoms with van der Waals surface area (Å²) in [5.41, 5.74) is 5.15. The van der Waals surface area contributed by atoms with Crippen LogP contribution in [-0.2, 0) is 4.79 Å². The van der Waals surface area contributed by atoms with E-state index in [9.17, 15) is 9.59 Å². The third kappa shape index (κ3) is 5.79. The van der Waals surface area contributed by atoms with Crippen LogP contribution in [0.4, 0.5) is 21.9 Å². The molecule has 0 radical (unpaired) electrons. The fourth-order valence-corrected chi connectivity index (χ4v) is 8.34. The first-order chi connectivity index (χ1) is 20.4. The Morgan fingerprint density at radius 3 is 2.26 bits per heavy atom. The van der Waals surface area contributed by atoms with E-state index in [1.807, 2.05) is 36.4 Å². The number of rotatable bonds is 6. The van der Waals surface area contributed by atoms with Crippen molar-refractivity contribution in [3.05, 3.63) is 54.1 Å². The fourth-order valence-electron chi connectivity index (χ4n) is 8.34. The first kappa shape index (κ1) is 29.1. The van der Waals surface area contributed by atoms with E-state index in [-0.39, 0.29) is 22.6 Å². The monoisotopic (exact) mass is 569 g/mol. The number of para-hydroxylation sites is 1. The van der Waals surface area contributed by atoms with Crippen molar-refractivity contribution in [3.8, 4) is 0 Å². The molecule has 6 nitrogen and oxygen atoms in total. The Labute approximate surface area is 251 Å². The third-order valence-corrected chi connectivity index (χ3v) is 10.6. The molecule has 3 fully saturated rings. The van der Waals surface area contributed by atoms with Gasteiger partial charge in [-0.05, 0) is 68.1 Å². The van der Waals surface area contributed by atoms with E-state index in [4.69, 9.17) is 5.10 Å². The smallest absolute Gasteiger partial charge is 0.326 e. The van der Waals surface area contributed by atoms with Crippen LogP contribution < -0.4 is 15.2 Å². The number of benzene rings is 2. The van der Waals surface area contributed by atoms with Crippen LogP contribution >= 0.6 is 0 Å². The van der Waals surface area contributed by atoms with Crippen molar-refractivity contribution in [2.45, 2.75) is 116 Å². The summed E-state index contributed by atoms with van der Waals surface area (Å²) in [7, 11) is 0. The highest BCUT2D eigenvalue weighted by Crippen LogP contribution is 2.51. The van der Waals surface area contributed by atoms with E-state index in [0.717, 1.165) is 54.0 Å². The lowest BCUT2D eigenvalue weighted by Gasteiger charge is -2.46. The molecule has 0 saturated heterocycles. The molecule has 3 amide bonds. The lowest BCUT2D eigenvalue weighted by molar-refractivity contribution is -0.116. The Morgan fingerprint density at radius 1 is 0.905 bits per heavy atom. The molecule has 1 spiro atoms. The van der Waals surface area contributed by atoms with Crippen molar-refractivity contribution < 1.29 is 9.59 Å². The summed E-state index contributed by atoms with van der Waals surface area (Å²) in [6, 6.07) is 16.3. The second kappa shape index (κ2) is 12.3. The molecule has 2 aromatic rings. The van der Waals surface area contributed by atoms with Gasteiger partial charge in [0.05, 0.1) is 5.69 Å². The standard InChI is InChI=1S/C36H48N4O2/c1-26(2)25-33(41)37-28-15-17-29(18-16-28)40(30-19-23-36(24-20-30)21-9-4-10-22-36)35(42)38-32-14-8-7-13-31(32)34(39-40)27-11-5-3-6-12-27/h7-8,13-18,26-27,30H,3-6,9-12,19-25H2,1-2H3,(H-,37,38,39,41,42)/p+1. The Hall–Kier alpha value is -2.99. The molecular formula is C36H49N4O2+. The van der Waals surface area contributed by atoms with Crippen LogP contribution in [0.5, 0.6) is 0 Å². The predicted octanol–water partition coefficient (Wildman–Crippen LogP) is 9.40. The van der Waals surface area contributed by atoms with Crippen molar-refractivity contribution in [3.63, 3.8) is 0 Å².